The number of methoxy groups -OCH3 is 1. The number of carbonyl (C=O) groups is 2. The number of nitrogens with one attached hydrogen (secondary N) is 3. The average molecular weight is 559 g/mol. The zero-order chi connectivity index (χ0) is 29.0. The Balaban J connectivity index is 1.40. The molecule has 3 aromatic rings. The molecule has 1 aliphatic heterocycles. The highest BCUT2D eigenvalue weighted by atomic mass is 16.5. The van der Waals surface area contributed by atoms with Crippen LogP contribution in [0.4, 0.5) is 11.4 Å². The van der Waals surface area contributed by atoms with E-state index in [0.29, 0.717) is 38.0 Å². The number of amides is 2. The minimum Gasteiger partial charge on any atom is -0.497 e. The quantitative estimate of drug-likeness (QED) is 0.209. The molecule has 0 aliphatic carbocycles. The molecule has 1 aliphatic rings. The summed E-state index contributed by atoms with van der Waals surface area (Å²) in [5.41, 5.74) is 4.22. The number of aryl methyl sites for hydroxylation is 1. The number of aliphatic hydroxyl groups excluding tert-OH is 1. The lowest BCUT2D eigenvalue weighted by Crippen LogP contribution is -2.49. The maximum Gasteiger partial charge on any atom is 0.251 e. The SMILES string of the molecule is CCNc1cc(C(=O)N[C@@H](Cc2ccccc2)[C@H](O)CNCCCc2ccc(OC)cc2)cc(N2CCCC2=O)c1. The third-order valence-electron chi connectivity index (χ3n) is 7.36. The van der Waals surface area contributed by atoms with Gasteiger partial charge >= 0.3 is 0 Å². The topological polar surface area (TPSA) is 103 Å². The molecule has 8 nitrogen and oxygen atoms in total. The van der Waals surface area contributed by atoms with Gasteiger partial charge in [0.25, 0.3) is 5.91 Å². The molecule has 3 aromatic carbocycles. The summed E-state index contributed by atoms with van der Waals surface area (Å²) < 4.78 is 5.22. The monoisotopic (exact) mass is 558 g/mol. The van der Waals surface area contributed by atoms with Crippen LogP contribution in [0.5, 0.6) is 5.75 Å². The van der Waals surface area contributed by atoms with E-state index in [1.54, 1.807) is 24.1 Å². The third-order valence-corrected chi connectivity index (χ3v) is 7.36. The predicted octanol–water partition coefficient (Wildman–Crippen LogP) is 4.18. The molecule has 0 aromatic heterocycles. The first-order chi connectivity index (χ1) is 20.0. The lowest BCUT2D eigenvalue weighted by molar-refractivity contribution is -0.117. The summed E-state index contributed by atoms with van der Waals surface area (Å²) in [6.07, 6.45) is 2.86. The minimum atomic E-state index is -0.795. The molecule has 8 heteroatoms. The zero-order valence-electron chi connectivity index (χ0n) is 24.1. The molecule has 0 unspecified atom stereocenters. The standard InChI is InChI=1S/C33H42N4O4/c1-3-35-27-20-26(21-28(22-27)37-18-8-12-32(37)39)33(40)36-30(19-25-9-5-4-6-10-25)31(38)23-34-17-7-11-24-13-15-29(41-2)16-14-24/h4-6,9-10,13-16,20-22,30-31,34-35,38H,3,7-8,11-12,17-19,23H2,1-2H3,(H,36,40)/t30-,31+/m0/s1. The second kappa shape index (κ2) is 15.2. The van der Waals surface area contributed by atoms with Crippen LogP contribution in [-0.4, -0.2) is 62.4 Å². The molecule has 2 atom stereocenters. The Hall–Kier alpha value is -3.88. The number of carbonyl (C=O) groups excluding carboxylic acids is 2. The van der Waals surface area contributed by atoms with Crippen molar-refractivity contribution in [3.05, 3.63) is 89.5 Å². The van der Waals surface area contributed by atoms with Crippen LogP contribution in [0.15, 0.2) is 72.8 Å². The van der Waals surface area contributed by atoms with Crippen molar-refractivity contribution in [3.63, 3.8) is 0 Å². The Kier molecular flexibility index (Phi) is 11.2. The van der Waals surface area contributed by atoms with Crippen molar-refractivity contribution in [3.8, 4) is 5.75 Å². The number of aliphatic hydroxyl groups is 1. The van der Waals surface area contributed by atoms with Gasteiger partial charge in [0.2, 0.25) is 5.91 Å². The molecule has 41 heavy (non-hydrogen) atoms. The number of hydrogen-bond donors (Lipinski definition) is 4. The Bertz CT molecular complexity index is 1270. The van der Waals surface area contributed by atoms with Gasteiger partial charge in [0.05, 0.1) is 19.3 Å². The number of ether oxygens (including phenoxy) is 1. The number of nitrogens with zero attached hydrogens (tertiary/aromatic N) is 1. The molecule has 1 fully saturated rings. The molecule has 4 rings (SSSR count). The van der Waals surface area contributed by atoms with Gasteiger partial charge in [-0.3, -0.25) is 9.59 Å². The Morgan fingerprint density at radius 1 is 1.05 bits per heavy atom. The van der Waals surface area contributed by atoms with Gasteiger partial charge in [-0.1, -0.05) is 42.5 Å². The highest BCUT2D eigenvalue weighted by Crippen LogP contribution is 2.27. The van der Waals surface area contributed by atoms with Crippen LogP contribution in [0.3, 0.4) is 0 Å². The highest BCUT2D eigenvalue weighted by molar-refractivity contribution is 6.00. The van der Waals surface area contributed by atoms with Crippen LogP contribution < -0.4 is 25.6 Å². The maximum absolute atomic E-state index is 13.6. The van der Waals surface area contributed by atoms with Crippen molar-refractivity contribution in [2.75, 3.05) is 43.5 Å². The third kappa shape index (κ3) is 8.80. The molecule has 218 valence electrons. The van der Waals surface area contributed by atoms with Crippen molar-refractivity contribution in [2.45, 2.75) is 51.2 Å². The number of anilines is 2. The van der Waals surface area contributed by atoms with Crippen molar-refractivity contribution in [2.24, 2.45) is 0 Å². The van der Waals surface area contributed by atoms with Gasteiger partial charge in [-0.2, -0.15) is 0 Å². The zero-order valence-corrected chi connectivity index (χ0v) is 24.1. The van der Waals surface area contributed by atoms with Gasteiger partial charge in [-0.15, -0.1) is 0 Å². The maximum atomic E-state index is 13.6. The van der Waals surface area contributed by atoms with Crippen molar-refractivity contribution in [1.29, 1.82) is 0 Å². The summed E-state index contributed by atoms with van der Waals surface area (Å²) >= 11 is 0. The van der Waals surface area contributed by atoms with Crippen LogP contribution in [0.25, 0.3) is 0 Å². The Morgan fingerprint density at radius 2 is 1.83 bits per heavy atom. The highest BCUT2D eigenvalue weighted by Gasteiger charge is 2.25. The van der Waals surface area contributed by atoms with Gasteiger partial charge in [-0.05, 0) is 80.6 Å². The summed E-state index contributed by atoms with van der Waals surface area (Å²) in [7, 11) is 1.66. The fourth-order valence-corrected chi connectivity index (χ4v) is 5.13. The van der Waals surface area contributed by atoms with Gasteiger partial charge < -0.3 is 30.7 Å². The van der Waals surface area contributed by atoms with E-state index in [-0.39, 0.29) is 11.8 Å². The van der Waals surface area contributed by atoms with Gasteiger partial charge in [0.15, 0.2) is 0 Å². The summed E-state index contributed by atoms with van der Waals surface area (Å²) in [5, 5.41) is 20.9. The van der Waals surface area contributed by atoms with Crippen molar-refractivity contribution < 1.29 is 19.4 Å². The van der Waals surface area contributed by atoms with Gasteiger partial charge in [-0.25, -0.2) is 0 Å². The molecular formula is C33H42N4O4. The summed E-state index contributed by atoms with van der Waals surface area (Å²) in [6, 6.07) is 22.9. The number of benzene rings is 3. The molecule has 1 saturated heterocycles. The smallest absolute Gasteiger partial charge is 0.251 e. The van der Waals surface area contributed by atoms with Crippen LogP contribution >= 0.6 is 0 Å². The normalized spacial score (nSPS) is 14.5. The summed E-state index contributed by atoms with van der Waals surface area (Å²) in [4.78, 5) is 27.7. The van der Waals surface area contributed by atoms with E-state index in [4.69, 9.17) is 4.74 Å². The first-order valence-corrected chi connectivity index (χ1v) is 14.5. The fraction of sp³-hybridized carbons (Fsp3) is 0.394. The second-order valence-electron chi connectivity index (χ2n) is 10.4. The molecule has 0 spiro atoms. The first kappa shape index (κ1) is 30.1. The number of hydrogen-bond acceptors (Lipinski definition) is 6. The van der Waals surface area contributed by atoms with Crippen molar-refractivity contribution >= 4 is 23.2 Å². The van der Waals surface area contributed by atoms with E-state index in [1.165, 1.54) is 5.56 Å². The number of rotatable bonds is 15. The molecule has 1 heterocycles. The van der Waals surface area contributed by atoms with Crippen LogP contribution in [0, 0.1) is 0 Å². The van der Waals surface area contributed by atoms with E-state index in [0.717, 1.165) is 48.5 Å². The van der Waals surface area contributed by atoms with E-state index in [1.807, 2.05) is 55.5 Å². The van der Waals surface area contributed by atoms with E-state index in [2.05, 4.69) is 28.1 Å². The second-order valence-corrected chi connectivity index (χ2v) is 10.4. The molecule has 0 bridgehead atoms. The Labute approximate surface area is 243 Å². The molecule has 2 amide bonds. The largest absolute Gasteiger partial charge is 0.497 e. The van der Waals surface area contributed by atoms with Crippen LogP contribution in [0.2, 0.25) is 0 Å². The minimum absolute atomic E-state index is 0.0699. The van der Waals surface area contributed by atoms with E-state index < -0.39 is 12.1 Å². The fourth-order valence-electron chi connectivity index (χ4n) is 5.13. The van der Waals surface area contributed by atoms with Crippen LogP contribution in [-0.2, 0) is 17.6 Å². The van der Waals surface area contributed by atoms with Crippen molar-refractivity contribution in [1.82, 2.24) is 10.6 Å². The first-order valence-electron chi connectivity index (χ1n) is 14.5. The van der Waals surface area contributed by atoms with Crippen LogP contribution in [0.1, 0.15) is 47.7 Å². The van der Waals surface area contributed by atoms with Gasteiger partial charge in [0, 0.05) is 43.0 Å². The molecular weight excluding hydrogens is 516 g/mol. The summed E-state index contributed by atoms with van der Waals surface area (Å²) in [5.74, 6) is 0.633. The molecule has 0 radical (unpaired) electrons. The lowest BCUT2D eigenvalue weighted by atomic mass is 10.00. The predicted molar refractivity (Wildman–Crippen MR) is 164 cm³/mol. The summed E-state index contributed by atoms with van der Waals surface area (Å²) in [6.45, 7) is 4.43. The lowest BCUT2D eigenvalue weighted by Gasteiger charge is -2.25. The van der Waals surface area contributed by atoms with E-state index >= 15 is 0 Å². The van der Waals surface area contributed by atoms with E-state index in [9.17, 15) is 14.7 Å². The Morgan fingerprint density at radius 3 is 2.51 bits per heavy atom. The molecule has 4 N–H and O–H groups in total. The van der Waals surface area contributed by atoms with Gasteiger partial charge in [0.1, 0.15) is 5.75 Å². The molecule has 0 saturated carbocycles. The average Bonchev–Trinajstić information content (AvgIpc) is 3.43.